The molecule has 0 saturated carbocycles. The summed E-state index contributed by atoms with van der Waals surface area (Å²) in [6.45, 7) is 4.03. The molecule has 0 aromatic heterocycles. The van der Waals surface area contributed by atoms with Gasteiger partial charge < -0.3 is 5.11 Å². The Kier molecular flexibility index (Phi) is 3.29. The number of carboxylic acid groups (broad SMARTS) is 1. The lowest BCUT2D eigenvalue weighted by Crippen LogP contribution is -2.30. The lowest BCUT2D eigenvalue weighted by atomic mass is 10.1. The van der Waals surface area contributed by atoms with Gasteiger partial charge in [-0.1, -0.05) is 12.2 Å². The van der Waals surface area contributed by atoms with Crippen LogP contribution in [0.15, 0.2) is 12.2 Å². The number of carbonyl (C=O) groups is 1. The Balaban J connectivity index is 2.19. The first kappa shape index (κ1) is 9.26. The number of rotatable bonds is 4. The van der Waals surface area contributed by atoms with Gasteiger partial charge in [-0.25, -0.2) is 0 Å². The van der Waals surface area contributed by atoms with Crippen LogP contribution in [0.1, 0.15) is 19.8 Å². The molecule has 1 heterocycles. The third-order valence-electron chi connectivity index (χ3n) is 2.25. The molecule has 3 nitrogen and oxygen atoms in total. The van der Waals surface area contributed by atoms with Gasteiger partial charge in [-0.05, 0) is 13.3 Å². The molecule has 0 aromatic carbocycles. The van der Waals surface area contributed by atoms with Crippen molar-refractivity contribution in [1.29, 1.82) is 0 Å². The number of hydrogen-bond donors (Lipinski definition) is 1. The Morgan fingerprint density at radius 2 is 2.17 bits per heavy atom. The smallest absolute Gasteiger partial charge is 0.303 e. The van der Waals surface area contributed by atoms with Crippen LogP contribution in [0.4, 0.5) is 0 Å². The lowest BCUT2D eigenvalue weighted by molar-refractivity contribution is -0.137. The number of nitrogens with zero attached hydrogens (tertiary/aromatic N) is 1. The predicted molar refractivity (Wildman–Crippen MR) is 47.0 cm³/mol. The molecule has 0 radical (unpaired) electrons. The van der Waals surface area contributed by atoms with Crippen molar-refractivity contribution in [1.82, 2.24) is 4.90 Å². The van der Waals surface area contributed by atoms with Crippen molar-refractivity contribution < 1.29 is 9.90 Å². The number of hydrogen-bond acceptors (Lipinski definition) is 2. The summed E-state index contributed by atoms with van der Waals surface area (Å²) in [6.07, 6.45) is 5.27. The summed E-state index contributed by atoms with van der Waals surface area (Å²) in [5.74, 6) is -0.700. The van der Waals surface area contributed by atoms with Gasteiger partial charge in [-0.2, -0.15) is 0 Å². The van der Waals surface area contributed by atoms with E-state index in [1.807, 2.05) is 0 Å². The maximum atomic E-state index is 10.3. The Bertz CT molecular complexity index is 181. The van der Waals surface area contributed by atoms with Gasteiger partial charge in [-0.15, -0.1) is 0 Å². The largest absolute Gasteiger partial charge is 0.481 e. The first-order valence-corrected chi connectivity index (χ1v) is 4.31. The molecule has 3 heteroatoms. The molecule has 0 bridgehead atoms. The fraction of sp³-hybridized carbons (Fsp3) is 0.667. The molecule has 1 unspecified atom stereocenters. The van der Waals surface area contributed by atoms with Crippen molar-refractivity contribution in [3.63, 3.8) is 0 Å². The van der Waals surface area contributed by atoms with Crippen LogP contribution in [0.5, 0.6) is 0 Å². The van der Waals surface area contributed by atoms with Gasteiger partial charge in [0.25, 0.3) is 0 Å². The zero-order valence-corrected chi connectivity index (χ0v) is 7.36. The lowest BCUT2D eigenvalue weighted by Gasteiger charge is -2.22. The summed E-state index contributed by atoms with van der Waals surface area (Å²) >= 11 is 0. The fourth-order valence-electron chi connectivity index (χ4n) is 1.37. The van der Waals surface area contributed by atoms with Crippen molar-refractivity contribution in [3.05, 3.63) is 12.2 Å². The maximum absolute atomic E-state index is 10.3. The van der Waals surface area contributed by atoms with Crippen LogP contribution in [0.3, 0.4) is 0 Å². The van der Waals surface area contributed by atoms with Crippen LogP contribution >= 0.6 is 0 Å². The summed E-state index contributed by atoms with van der Waals surface area (Å²) in [6, 6.07) is 0.385. The zero-order valence-electron chi connectivity index (χ0n) is 7.36. The molecule has 0 aromatic rings. The minimum Gasteiger partial charge on any atom is -0.481 e. The highest BCUT2D eigenvalue weighted by atomic mass is 16.4. The van der Waals surface area contributed by atoms with Crippen molar-refractivity contribution in [2.75, 3.05) is 13.1 Å². The fourth-order valence-corrected chi connectivity index (χ4v) is 1.37. The Morgan fingerprint density at radius 3 is 2.67 bits per heavy atom. The standard InChI is InChI=1S/C9H15NO2/c1-8(4-5-9(11)12)10-6-2-3-7-10/h2-3,8H,4-7H2,1H3,(H,11,12). The predicted octanol–water partition coefficient (Wildman–Crippen LogP) is 1.11. The molecule has 0 fully saturated rings. The Morgan fingerprint density at radius 1 is 1.58 bits per heavy atom. The van der Waals surface area contributed by atoms with Crippen LogP contribution in [-0.4, -0.2) is 35.1 Å². The van der Waals surface area contributed by atoms with E-state index in [9.17, 15) is 4.79 Å². The molecule has 0 saturated heterocycles. The quantitative estimate of drug-likeness (QED) is 0.641. The van der Waals surface area contributed by atoms with E-state index >= 15 is 0 Å². The minimum absolute atomic E-state index is 0.275. The van der Waals surface area contributed by atoms with Gasteiger partial charge in [-0.3, -0.25) is 9.69 Å². The third kappa shape index (κ3) is 2.66. The molecule has 1 N–H and O–H groups in total. The average molecular weight is 169 g/mol. The van der Waals surface area contributed by atoms with E-state index in [0.717, 1.165) is 19.5 Å². The second-order valence-corrected chi connectivity index (χ2v) is 3.21. The summed E-state index contributed by atoms with van der Waals surface area (Å²) in [5, 5.41) is 8.47. The van der Waals surface area contributed by atoms with E-state index in [2.05, 4.69) is 24.0 Å². The summed E-state index contributed by atoms with van der Waals surface area (Å²) in [7, 11) is 0. The van der Waals surface area contributed by atoms with Crippen LogP contribution in [-0.2, 0) is 4.79 Å². The molecule has 68 valence electrons. The van der Waals surface area contributed by atoms with Crippen LogP contribution in [0, 0.1) is 0 Å². The Hall–Kier alpha value is -0.830. The highest BCUT2D eigenvalue weighted by Crippen LogP contribution is 2.09. The van der Waals surface area contributed by atoms with Crippen LogP contribution in [0.25, 0.3) is 0 Å². The topological polar surface area (TPSA) is 40.5 Å². The molecule has 0 aliphatic carbocycles. The van der Waals surface area contributed by atoms with Gasteiger partial charge >= 0.3 is 5.97 Å². The van der Waals surface area contributed by atoms with Crippen molar-refractivity contribution >= 4 is 5.97 Å². The molecule has 0 amide bonds. The second kappa shape index (κ2) is 4.26. The summed E-state index contributed by atoms with van der Waals surface area (Å²) in [4.78, 5) is 12.6. The van der Waals surface area contributed by atoms with Crippen LogP contribution < -0.4 is 0 Å². The summed E-state index contributed by atoms with van der Waals surface area (Å²) in [5.41, 5.74) is 0. The van der Waals surface area contributed by atoms with Gasteiger partial charge in [0.15, 0.2) is 0 Å². The van der Waals surface area contributed by atoms with Crippen molar-refractivity contribution in [2.45, 2.75) is 25.8 Å². The molecule has 1 rings (SSSR count). The van der Waals surface area contributed by atoms with Crippen molar-refractivity contribution in [3.8, 4) is 0 Å². The van der Waals surface area contributed by atoms with Gasteiger partial charge in [0.1, 0.15) is 0 Å². The second-order valence-electron chi connectivity index (χ2n) is 3.21. The molecule has 0 spiro atoms. The minimum atomic E-state index is -0.700. The first-order chi connectivity index (χ1) is 5.70. The van der Waals surface area contributed by atoms with Crippen molar-refractivity contribution in [2.24, 2.45) is 0 Å². The van der Waals surface area contributed by atoms with E-state index in [-0.39, 0.29) is 6.42 Å². The molecular formula is C9H15NO2. The molecular weight excluding hydrogens is 154 g/mol. The maximum Gasteiger partial charge on any atom is 0.303 e. The van der Waals surface area contributed by atoms with Gasteiger partial charge in [0.2, 0.25) is 0 Å². The summed E-state index contributed by atoms with van der Waals surface area (Å²) < 4.78 is 0. The van der Waals surface area contributed by atoms with E-state index in [1.54, 1.807) is 0 Å². The molecule has 1 atom stereocenters. The normalized spacial score (nSPS) is 19.8. The SMILES string of the molecule is CC(CCC(=O)O)N1CC=CC1. The first-order valence-electron chi connectivity index (χ1n) is 4.31. The van der Waals surface area contributed by atoms with Crippen LogP contribution in [0.2, 0.25) is 0 Å². The average Bonchev–Trinajstić information content (AvgIpc) is 2.51. The van der Waals surface area contributed by atoms with E-state index in [0.29, 0.717) is 6.04 Å². The highest BCUT2D eigenvalue weighted by molar-refractivity contribution is 5.66. The number of aliphatic carboxylic acids is 1. The molecule has 12 heavy (non-hydrogen) atoms. The highest BCUT2D eigenvalue weighted by Gasteiger charge is 2.14. The van der Waals surface area contributed by atoms with Gasteiger partial charge in [0.05, 0.1) is 0 Å². The Labute approximate surface area is 72.7 Å². The monoisotopic (exact) mass is 169 g/mol. The van der Waals surface area contributed by atoms with Gasteiger partial charge in [0, 0.05) is 25.6 Å². The molecule has 1 aliphatic rings. The zero-order chi connectivity index (χ0) is 8.97. The van der Waals surface area contributed by atoms with E-state index < -0.39 is 5.97 Å². The number of carboxylic acids is 1. The van der Waals surface area contributed by atoms with E-state index in [1.165, 1.54) is 0 Å². The molecule has 1 aliphatic heterocycles. The van der Waals surface area contributed by atoms with E-state index in [4.69, 9.17) is 5.11 Å². The third-order valence-corrected chi connectivity index (χ3v) is 2.25.